The van der Waals surface area contributed by atoms with Gasteiger partial charge in [0.2, 0.25) is 5.91 Å². The average molecular weight is 463 g/mol. The molecule has 0 bridgehead atoms. The molecule has 0 heterocycles. The molecule has 0 atom stereocenters. The number of hydrogen-bond acceptors (Lipinski definition) is 4. The Hall–Kier alpha value is -2.87. The summed E-state index contributed by atoms with van der Waals surface area (Å²) in [5.41, 5.74) is 7.01. The quantitative estimate of drug-likeness (QED) is 0.559. The van der Waals surface area contributed by atoms with Crippen LogP contribution in [0.2, 0.25) is 0 Å². The SMILES string of the molecule is CCOc1ccc(-c2ccc(C(=O)C(F)(F)F)cc2)cc1CC1(C(N)=O)CCC(NC)CC1. The van der Waals surface area contributed by atoms with E-state index in [2.05, 4.69) is 5.32 Å². The van der Waals surface area contributed by atoms with Crippen LogP contribution in [-0.2, 0) is 11.2 Å². The first-order valence-electron chi connectivity index (χ1n) is 11.0. The third-order valence-electron chi connectivity index (χ3n) is 6.50. The Balaban J connectivity index is 1.92. The first kappa shape index (κ1) is 24.8. The largest absolute Gasteiger partial charge is 0.494 e. The molecule has 3 N–H and O–H groups in total. The summed E-state index contributed by atoms with van der Waals surface area (Å²) in [6.45, 7) is 2.32. The number of carbonyl (C=O) groups is 2. The van der Waals surface area contributed by atoms with Crippen molar-refractivity contribution in [3.8, 4) is 16.9 Å². The zero-order chi connectivity index (χ0) is 24.2. The molecule has 33 heavy (non-hydrogen) atoms. The summed E-state index contributed by atoms with van der Waals surface area (Å²) in [5, 5.41) is 3.26. The highest BCUT2D eigenvalue weighted by atomic mass is 19.4. The molecule has 1 aliphatic carbocycles. The Bertz CT molecular complexity index is 995. The van der Waals surface area contributed by atoms with E-state index in [1.807, 2.05) is 26.1 Å². The lowest BCUT2D eigenvalue weighted by Gasteiger charge is -2.38. The van der Waals surface area contributed by atoms with Crippen LogP contribution in [-0.4, -0.2) is 37.6 Å². The second-order valence-electron chi connectivity index (χ2n) is 8.54. The van der Waals surface area contributed by atoms with E-state index in [1.165, 1.54) is 24.3 Å². The van der Waals surface area contributed by atoms with Gasteiger partial charge in [0.15, 0.2) is 0 Å². The molecule has 0 radical (unpaired) electrons. The minimum Gasteiger partial charge on any atom is -0.494 e. The lowest BCUT2D eigenvalue weighted by Crippen LogP contribution is -2.45. The first-order valence-corrected chi connectivity index (χ1v) is 11.0. The van der Waals surface area contributed by atoms with E-state index >= 15 is 0 Å². The van der Waals surface area contributed by atoms with Gasteiger partial charge in [-0.2, -0.15) is 13.2 Å². The molecule has 2 aromatic carbocycles. The maximum absolute atomic E-state index is 12.7. The van der Waals surface area contributed by atoms with Gasteiger partial charge in [-0.1, -0.05) is 30.3 Å². The zero-order valence-corrected chi connectivity index (χ0v) is 18.8. The molecule has 3 rings (SSSR count). The lowest BCUT2D eigenvalue weighted by molar-refractivity contribution is -0.129. The lowest BCUT2D eigenvalue weighted by atomic mass is 9.68. The Kier molecular flexibility index (Phi) is 7.47. The molecule has 0 aliphatic heterocycles. The monoisotopic (exact) mass is 462 g/mol. The van der Waals surface area contributed by atoms with Crippen molar-refractivity contribution in [3.63, 3.8) is 0 Å². The summed E-state index contributed by atoms with van der Waals surface area (Å²) in [5.74, 6) is -1.55. The number of ether oxygens (including phenoxy) is 1. The number of ketones is 1. The number of hydrogen-bond donors (Lipinski definition) is 2. The van der Waals surface area contributed by atoms with E-state index in [0.717, 1.165) is 24.0 Å². The van der Waals surface area contributed by atoms with Crippen LogP contribution in [0.4, 0.5) is 13.2 Å². The normalized spacial score (nSPS) is 20.9. The van der Waals surface area contributed by atoms with Gasteiger partial charge in [0.05, 0.1) is 12.0 Å². The Morgan fingerprint density at radius 1 is 1.09 bits per heavy atom. The van der Waals surface area contributed by atoms with Crippen molar-refractivity contribution in [3.05, 3.63) is 53.6 Å². The topological polar surface area (TPSA) is 81.4 Å². The zero-order valence-electron chi connectivity index (χ0n) is 18.8. The highest BCUT2D eigenvalue weighted by Gasteiger charge is 2.41. The minimum atomic E-state index is -4.91. The van der Waals surface area contributed by atoms with Crippen LogP contribution in [0, 0.1) is 5.41 Å². The van der Waals surface area contributed by atoms with E-state index < -0.39 is 22.9 Å². The second kappa shape index (κ2) is 9.95. The molecule has 2 aromatic rings. The van der Waals surface area contributed by atoms with Gasteiger partial charge in [0.25, 0.3) is 5.78 Å². The second-order valence-corrected chi connectivity index (χ2v) is 8.54. The molecule has 1 fully saturated rings. The van der Waals surface area contributed by atoms with Crippen molar-refractivity contribution in [1.82, 2.24) is 5.32 Å². The van der Waals surface area contributed by atoms with E-state index in [9.17, 15) is 22.8 Å². The molecule has 8 heteroatoms. The van der Waals surface area contributed by atoms with Crippen molar-refractivity contribution < 1.29 is 27.5 Å². The van der Waals surface area contributed by atoms with Crippen LogP contribution in [0.3, 0.4) is 0 Å². The number of alkyl halides is 3. The highest BCUT2D eigenvalue weighted by Crippen LogP contribution is 2.42. The fraction of sp³-hybridized carbons (Fsp3) is 0.440. The van der Waals surface area contributed by atoms with Crippen molar-refractivity contribution in [2.45, 2.75) is 51.2 Å². The maximum Gasteiger partial charge on any atom is 0.454 e. The van der Waals surface area contributed by atoms with Gasteiger partial charge in [0, 0.05) is 11.6 Å². The molecule has 0 spiro atoms. The molecule has 0 unspecified atom stereocenters. The number of rotatable bonds is 8. The molecule has 1 aliphatic rings. The summed E-state index contributed by atoms with van der Waals surface area (Å²) >= 11 is 0. The van der Waals surface area contributed by atoms with Crippen LogP contribution in [0.25, 0.3) is 11.1 Å². The average Bonchev–Trinajstić information content (AvgIpc) is 2.79. The number of primary amides is 1. The molecule has 5 nitrogen and oxygen atoms in total. The van der Waals surface area contributed by atoms with Crippen LogP contribution in [0.5, 0.6) is 5.75 Å². The molecule has 1 amide bonds. The van der Waals surface area contributed by atoms with Crippen LogP contribution < -0.4 is 15.8 Å². The fourth-order valence-corrected chi connectivity index (χ4v) is 4.51. The third kappa shape index (κ3) is 5.55. The number of carbonyl (C=O) groups excluding carboxylic acids is 2. The molecule has 1 saturated carbocycles. The van der Waals surface area contributed by atoms with Crippen molar-refractivity contribution in [2.24, 2.45) is 11.1 Å². The van der Waals surface area contributed by atoms with Crippen LogP contribution in [0.1, 0.15) is 48.5 Å². The highest BCUT2D eigenvalue weighted by molar-refractivity contribution is 6.00. The summed E-state index contributed by atoms with van der Waals surface area (Å²) in [4.78, 5) is 24.0. The molecule has 0 aromatic heterocycles. The van der Waals surface area contributed by atoms with Crippen LogP contribution >= 0.6 is 0 Å². The van der Waals surface area contributed by atoms with Gasteiger partial charge < -0.3 is 15.8 Å². The fourth-order valence-electron chi connectivity index (χ4n) is 4.51. The predicted molar refractivity (Wildman–Crippen MR) is 120 cm³/mol. The summed E-state index contributed by atoms with van der Waals surface area (Å²) < 4.78 is 43.9. The molecular formula is C25H29F3N2O3. The Morgan fingerprint density at radius 3 is 2.21 bits per heavy atom. The number of halogens is 3. The minimum absolute atomic E-state index is 0.333. The molecular weight excluding hydrogens is 433 g/mol. The van der Waals surface area contributed by atoms with Gasteiger partial charge in [-0.15, -0.1) is 0 Å². The number of nitrogens with two attached hydrogens (primary N) is 1. The van der Waals surface area contributed by atoms with E-state index in [0.29, 0.717) is 43.2 Å². The Morgan fingerprint density at radius 2 is 1.70 bits per heavy atom. The van der Waals surface area contributed by atoms with Gasteiger partial charge in [-0.05, 0) is 74.9 Å². The van der Waals surface area contributed by atoms with Crippen LogP contribution in [0.15, 0.2) is 42.5 Å². The molecule has 0 saturated heterocycles. The van der Waals surface area contributed by atoms with Gasteiger partial charge in [0.1, 0.15) is 5.75 Å². The Labute approximate surface area is 191 Å². The van der Waals surface area contributed by atoms with E-state index in [-0.39, 0.29) is 5.91 Å². The van der Waals surface area contributed by atoms with Gasteiger partial charge in [-0.3, -0.25) is 9.59 Å². The third-order valence-corrected chi connectivity index (χ3v) is 6.50. The standard InChI is InChI=1S/C25H29F3N2O3/c1-3-33-21-9-8-18(16-4-6-17(7-5-16)22(31)25(26,27)28)14-19(21)15-24(23(29)32)12-10-20(30-2)11-13-24/h4-9,14,20,30H,3,10-13,15H2,1-2H3,(H2,29,32). The van der Waals surface area contributed by atoms with Gasteiger partial charge in [-0.25, -0.2) is 0 Å². The maximum atomic E-state index is 12.7. The predicted octanol–water partition coefficient (Wildman–Crippen LogP) is 4.67. The van der Waals surface area contributed by atoms with Crippen molar-refractivity contribution >= 4 is 11.7 Å². The number of benzene rings is 2. The summed E-state index contributed by atoms with van der Waals surface area (Å²) in [6.07, 6.45) is -1.47. The van der Waals surface area contributed by atoms with Gasteiger partial charge >= 0.3 is 6.18 Å². The molecule has 178 valence electrons. The number of nitrogens with one attached hydrogen (secondary N) is 1. The summed E-state index contributed by atoms with van der Waals surface area (Å²) in [6, 6.07) is 11.2. The van der Waals surface area contributed by atoms with Crippen molar-refractivity contribution in [1.29, 1.82) is 0 Å². The van der Waals surface area contributed by atoms with E-state index in [4.69, 9.17) is 10.5 Å². The smallest absolute Gasteiger partial charge is 0.454 e. The number of amides is 1. The van der Waals surface area contributed by atoms with Crippen molar-refractivity contribution in [2.75, 3.05) is 13.7 Å². The number of Topliss-reactive ketones (excluding diaryl/α,β-unsaturated/α-hetero) is 1. The van der Waals surface area contributed by atoms with E-state index in [1.54, 1.807) is 6.07 Å². The summed E-state index contributed by atoms with van der Waals surface area (Å²) in [7, 11) is 1.91. The first-order chi connectivity index (χ1) is 15.6.